The number of ether oxygens (including phenoxy) is 2. The van der Waals surface area contributed by atoms with Gasteiger partial charge in [0.05, 0.1) is 7.11 Å². The number of nitrogens with zero attached hydrogens (tertiary/aromatic N) is 1. The van der Waals surface area contributed by atoms with Crippen molar-refractivity contribution >= 4 is 5.91 Å². The summed E-state index contributed by atoms with van der Waals surface area (Å²) in [7, 11) is 1.65. The zero-order chi connectivity index (χ0) is 13.7. The van der Waals surface area contributed by atoms with Crippen LogP contribution < -0.4 is 14.9 Å². The standard InChI is InChI=1S/C14H20N2O3/c1-11(17)15-16-9-7-14(8-10-16)19-13-5-3-12(18-2)4-6-13/h3-6,14H,7-10H2,1-2H3,(H,15,17). The van der Waals surface area contributed by atoms with Crippen LogP contribution in [0.4, 0.5) is 0 Å². The molecule has 1 saturated heterocycles. The summed E-state index contributed by atoms with van der Waals surface area (Å²) in [6.45, 7) is 3.17. The Morgan fingerprint density at radius 2 is 1.79 bits per heavy atom. The molecule has 1 aromatic rings. The number of hydrogen-bond donors (Lipinski definition) is 1. The third-order valence-electron chi connectivity index (χ3n) is 3.12. The molecule has 0 saturated carbocycles. The number of methoxy groups -OCH3 is 1. The molecule has 19 heavy (non-hydrogen) atoms. The molecule has 1 N–H and O–H groups in total. The summed E-state index contributed by atoms with van der Waals surface area (Å²) in [6, 6.07) is 7.61. The summed E-state index contributed by atoms with van der Waals surface area (Å²) in [5, 5.41) is 1.94. The summed E-state index contributed by atoms with van der Waals surface area (Å²) < 4.78 is 11.0. The smallest absolute Gasteiger partial charge is 0.231 e. The molecule has 1 aromatic carbocycles. The van der Waals surface area contributed by atoms with E-state index in [1.807, 2.05) is 29.3 Å². The fraction of sp³-hybridized carbons (Fsp3) is 0.500. The van der Waals surface area contributed by atoms with Crippen molar-refractivity contribution in [2.75, 3.05) is 20.2 Å². The number of rotatable bonds is 4. The van der Waals surface area contributed by atoms with Crippen molar-refractivity contribution in [3.8, 4) is 11.5 Å². The molecule has 0 atom stereocenters. The minimum absolute atomic E-state index is 0.0190. The van der Waals surface area contributed by atoms with Crippen molar-refractivity contribution in [2.45, 2.75) is 25.9 Å². The lowest BCUT2D eigenvalue weighted by atomic mass is 10.1. The van der Waals surface area contributed by atoms with Crippen molar-refractivity contribution in [1.29, 1.82) is 0 Å². The maximum Gasteiger partial charge on any atom is 0.231 e. The highest BCUT2D eigenvalue weighted by molar-refractivity contribution is 5.72. The molecule has 0 unspecified atom stereocenters. The Morgan fingerprint density at radius 1 is 1.21 bits per heavy atom. The molecule has 1 aliphatic rings. The van der Waals surface area contributed by atoms with Gasteiger partial charge in [0, 0.05) is 20.0 Å². The minimum Gasteiger partial charge on any atom is -0.497 e. The molecular weight excluding hydrogens is 244 g/mol. The lowest BCUT2D eigenvalue weighted by Gasteiger charge is -2.31. The quantitative estimate of drug-likeness (QED) is 0.897. The van der Waals surface area contributed by atoms with Gasteiger partial charge in [0.2, 0.25) is 5.91 Å². The molecule has 0 radical (unpaired) electrons. The van der Waals surface area contributed by atoms with Crippen molar-refractivity contribution in [1.82, 2.24) is 10.4 Å². The van der Waals surface area contributed by atoms with Crippen LogP contribution in [-0.4, -0.2) is 37.2 Å². The summed E-state index contributed by atoms with van der Waals surface area (Å²) in [6.07, 6.45) is 2.02. The van der Waals surface area contributed by atoms with E-state index in [0.29, 0.717) is 0 Å². The Balaban J connectivity index is 1.80. The number of carbonyl (C=O) groups is 1. The number of amides is 1. The molecule has 0 aromatic heterocycles. The first kappa shape index (κ1) is 13.7. The second kappa shape index (κ2) is 6.43. The van der Waals surface area contributed by atoms with Gasteiger partial charge in [-0.2, -0.15) is 0 Å². The van der Waals surface area contributed by atoms with Crippen LogP contribution in [0.2, 0.25) is 0 Å². The van der Waals surface area contributed by atoms with Crippen LogP contribution in [0.15, 0.2) is 24.3 Å². The van der Waals surface area contributed by atoms with Crippen LogP contribution in [0.3, 0.4) is 0 Å². The van der Waals surface area contributed by atoms with Gasteiger partial charge in [0.1, 0.15) is 17.6 Å². The maximum atomic E-state index is 10.9. The maximum absolute atomic E-state index is 10.9. The van der Waals surface area contributed by atoms with E-state index in [0.717, 1.165) is 37.4 Å². The molecular formula is C14H20N2O3. The van der Waals surface area contributed by atoms with Crippen molar-refractivity contribution in [3.05, 3.63) is 24.3 Å². The highest BCUT2D eigenvalue weighted by Gasteiger charge is 2.20. The molecule has 2 rings (SSSR count). The van der Waals surface area contributed by atoms with Gasteiger partial charge in [-0.15, -0.1) is 0 Å². The molecule has 1 aliphatic heterocycles. The number of hydrogen-bond acceptors (Lipinski definition) is 4. The van der Waals surface area contributed by atoms with Gasteiger partial charge in [0.25, 0.3) is 0 Å². The summed E-state index contributed by atoms with van der Waals surface area (Å²) in [5.74, 6) is 1.67. The van der Waals surface area contributed by atoms with E-state index in [-0.39, 0.29) is 12.0 Å². The number of benzene rings is 1. The van der Waals surface area contributed by atoms with Crippen LogP contribution in [-0.2, 0) is 4.79 Å². The average Bonchev–Trinajstić information content (AvgIpc) is 2.41. The van der Waals surface area contributed by atoms with Crippen LogP contribution in [0.25, 0.3) is 0 Å². The first-order valence-electron chi connectivity index (χ1n) is 6.50. The van der Waals surface area contributed by atoms with Crippen molar-refractivity contribution < 1.29 is 14.3 Å². The van der Waals surface area contributed by atoms with Gasteiger partial charge in [-0.3, -0.25) is 10.2 Å². The predicted molar refractivity (Wildman–Crippen MR) is 72.0 cm³/mol. The van der Waals surface area contributed by atoms with Gasteiger partial charge in [-0.05, 0) is 37.1 Å². The van der Waals surface area contributed by atoms with E-state index in [1.165, 1.54) is 6.92 Å². The first-order valence-corrected chi connectivity index (χ1v) is 6.50. The number of nitrogens with one attached hydrogen (secondary N) is 1. The molecule has 5 nitrogen and oxygen atoms in total. The van der Waals surface area contributed by atoms with Crippen LogP contribution in [0.5, 0.6) is 11.5 Å². The van der Waals surface area contributed by atoms with Crippen molar-refractivity contribution in [3.63, 3.8) is 0 Å². The van der Waals surface area contributed by atoms with Gasteiger partial charge in [-0.25, -0.2) is 5.01 Å². The monoisotopic (exact) mass is 264 g/mol. The molecule has 1 amide bonds. The normalized spacial score (nSPS) is 16.9. The topological polar surface area (TPSA) is 50.8 Å². The molecule has 104 valence electrons. The Labute approximate surface area is 113 Å². The fourth-order valence-electron chi connectivity index (χ4n) is 2.15. The second-order valence-electron chi connectivity index (χ2n) is 4.65. The van der Waals surface area contributed by atoms with E-state index >= 15 is 0 Å². The summed E-state index contributed by atoms with van der Waals surface area (Å²) in [4.78, 5) is 10.9. The molecule has 5 heteroatoms. The third kappa shape index (κ3) is 4.13. The fourth-order valence-corrected chi connectivity index (χ4v) is 2.15. The van der Waals surface area contributed by atoms with E-state index < -0.39 is 0 Å². The highest BCUT2D eigenvalue weighted by atomic mass is 16.5. The first-order chi connectivity index (χ1) is 9.17. The highest BCUT2D eigenvalue weighted by Crippen LogP contribution is 2.21. The number of hydrazine groups is 1. The largest absolute Gasteiger partial charge is 0.497 e. The van der Waals surface area contributed by atoms with E-state index in [9.17, 15) is 4.79 Å². The van der Waals surface area contributed by atoms with Crippen LogP contribution in [0, 0.1) is 0 Å². The van der Waals surface area contributed by atoms with Gasteiger partial charge >= 0.3 is 0 Å². The van der Waals surface area contributed by atoms with Gasteiger partial charge in [-0.1, -0.05) is 0 Å². The van der Waals surface area contributed by atoms with Gasteiger partial charge in [0.15, 0.2) is 0 Å². The van der Waals surface area contributed by atoms with E-state index in [1.54, 1.807) is 7.11 Å². The average molecular weight is 264 g/mol. The predicted octanol–water partition coefficient (Wildman–Crippen LogP) is 1.59. The van der Waals surface area contributed by atoms with E-state index in [2.05, 4.69) is 5.43 Å². The minimum atomic E-state index is -0.0190. The second-order valence-corrected chi connectivity index (χ2v) is 4.65. The molecule has 1 heterocycles. The van der Waals surface area contributed by atoms with Crippen molar-refractivity contribution in [2.24, 2.45) is 0 Å². The molecule has 0 spiro atoms. The number of piperidine rings is 1. The zero-order valence-electron chi connectivity index (χ0n) is 11.4. The Kier molecular flexibility index (Phi) is 4.63. The number of carbonyl (C=O) groups excluding carboxylic acids is 1. The summed E-state index contributed by atoms with van der Waals surface area (Å²) in [5.41, 5.74) is 2.80. The Hall–Kier alpha value is -1.75. The Morgan fingerprint density at radius 3 is 2.32 bits per heavy atom. The van der Waals surface area contributed by atoms with Crippen LogP contribution in [0.1, 0.15) is 19.8 Å². The zero-order valence-corrected chi connectivity index (χ0v) is 11.4. The molecule has 0 bridgehead atoms. The van der Waals surface area contributed by atoms with Crippen LogP contribution >= 0.6 is 0 Å². The van der Waals surface area contributed by atoms with Gasteiger partial charge < -0.3 is 9.47 Å². The Bertz CT molecular complexity index is 411. The lowest BCUT2D eigenvalue weighted by Crippen LogP contribution is -2.47. The van der Waals surface area contributed by atoms with E-state index in [4.69, 9.17) is 9.47 Å². The lowest BCUT2D eigenvalue weighted by molar-refractivity contribution is -0.124. The SMILES string of the molecule is COc1ccc(OC2CCN(NC(C)=O)CC2)cc1. The summed E-state index contributed by atoms with van der Waals surface area (Å²) >= 11 is 0. The molecule has 0 aliphatic carbocycles. The molecule has 1 fully saturated rings. The third-order valence-corrected chi connectivity index (χ3v) is 3.12.